The zero-order valence-corrected chi connectivity index (χ0v) is 11.5. The van der Waals surface area contributed by atoms with Crippen molar-refractivity contribution in [2.75, 3.05) is 13.4 Å². The van der Waals surface area contributed by atoms with Gasteiger partial charge in [-0.1, -0.05) is 30.3 Å². The van der Waals surface area contributed by atoms with E-state index in [1.807, 2.05) is 0 Å². The second-order valence-electron chi connectivity index (χ2n) is 5.34. The quantitative estimate of drug-likeness (QED) is 0.854. The van der Waals surface area contributed by atoms with Crippen molar-refractivity contribution in [1.82, 2.24) is 0 Å². The summed E-state index contributed by atoms with van der Waals surface area (Å²) >= 11 is 0. The van der Waals surface area contributed by atoms with Crippen LogP contribution in [0.5, 0.6) is 11.5 Å². The molecule has 0 aromatic heterocycles. The van der Waals surface area contributed by atoms with Gasteiger partial charge in [0, 0.05) is 11.1 Å². The lowest BCUT2D eigenvalue weighted by Crippen LogP contribution is -2.42. The van der Waals surface area contributed by atoms with E-state index in [0.717, 1.165) is 0 Å². The third-order valence-corrected chi connectivity index (χ3v) is 4.29. The summed E-state index contributed by atoms with van der Waals surface area (Å²) in [6.45, 7) is -0.480. The lowest BCUT2D eigenvalue weighted by atomic mass is 9.76. The molecule has 0 saturated heterocycles. The first-order valence-electron chi connectivity index (χ1n) is 6.88. The molecule has 2 aliphatic rings. The highest BCUT2D eigenvalue weighted by Crippen LogP contribution is 2.43. The number of fused-ring (bicyclic) bond motifs is 2. The molecule has 2 aromatic rings. The van der Waals surface area contributed by atoms with Crippen LogP contribution >= 0.6 is 0 Å². The van der Waals surface area contributed by atoms with Crippen LogP contribution < -0.4 is 9.47 Å². The highest BCUT2D eigenvalue weighted by atomic mass is 16.7. The summed E-state index contributed by atoms with van der Waals surface area (Å²) in [6, 6.07) is 11.5. The van der Waals surface area contributed by atoms with Gasteiger partial charge >= 0.3 is 0 Å². The Morgan fingerprint density at radius 3 is 2.23 bits per heavy atom. The summed E-state index contributed by atoms with van der Waals surface area (Å²) in [7, 11) is 0. The number of ether oxygens (including phenoxy) is 2. The Hall–Kier alpha value is -2.66. The van der Waals surface area contributed by atoms with Gasteiger partial charge in [-0.2, -0.15) is 0 Å². The molecule has 0 radical (unpaired) electrons. The number of aliphatic hydroxyl groups is 1. The first kappa shape index (κ1) is 13.0. The number of benzene rings is 2. The van der Waals surface area contributed by atoms with Crippen LogP contribution in [0.15, 0.2) is 42.5 Å². The highest BCUT2D eigenvalue weighted by molar-refractivity contribution is 6.33. The number of rotatable bonds is 2. The minimum absolute atomic E-state index is 0.104. The molecule has 0 fully saturated rings. The average Bonchev–Trinajstić information content (AvgIpc) is 3.10. The van der Waals surface area contributed by atoms with Crippen LogP contribution in [0.1, 0.15) is 26.3 Å². The van der Waals surface area contributed by atoms with E-state index in [4.69, 9.17) is 9.47 Å². The van der Waals surface area contributed by atoms with Crippen molar-refractivity contribution < 1.29 is 24.2 Å². The molecule has 0 bridgehead atoms. The van der Waals surface area contributed by atoms with Crippen LogP contribution in [-0.2, 0) is 5.41 Å². The minimum Gasteiger partial charge on any atom is -0.454 e. The van der Waals surface area contributed by atoms with Crippen LogP contribution in [0, 0.1) is 0 Å². The van der Waals surface area contributed by atoms with E-state index in [0.29, 0.717) is 28.2 Å². The van der Waals surface area contributed by atoms with Gasteiger partial charge in [0.25, 0.3) is 0 Å². The van der Waals surface area contributed by atoms with Gasteiger partial charge in [-0.15, -0.1) is 0 Å². The lowest BCUT2D eigenvalue weighted by Gasteiger charge is -2.24. The average molecular weight is 296 g/mol. The Balaban J connectivity index is 1.92. The van der Waals surface area contributed by atoms with Crippen LogP contribution in [0.25, 0.3) is 0 Å². The molecule has 22 heavy (non-hydrogen) atoms. The van der Waals surface area contributed by atoms with E-state index in [2.05, 4.69) is 0 Å². The third kappa shape index (κ3) is 1.46. The SMILES string of the molecule is O=C1c2ccccc2C(=O)C1(CO)c1ccc2c(c1)OCO2. The van der Waals surface area contributed by atoms with Gasteiger partial charge in [0.15, 0.2) is 23.1 Å². The van der Waals surface area contributed by atoms with Crippen LogP contribution in [0.2, 0.25) is 0 Å². The molecule has 0 amide bonds. The maximum absolute atomic E-state index is 12.8. The first-order chi connectivity index (χ1) is 10.7. The van der Waals surface area contributed by atoms with Crippen LogP contribution in [0.4, 0.5) is 0 Å². The molecule has 1 heterocycles. The van der Waals surface area contributed by atoms with Gasteiger partial charge in [-0.05, 0) is 17.7 Å². The summed E-state index contributed by atoms with van der Waals surface area (Å²) in [4.78, 5) is 25.6. The molecule has 1 aliphatic heterocycles. The summed E-state index contributed by atoms with van der Waals surface area (Å²) in [5.41, 5.74) is -0.478. The van der Waals surface area contributed by atoms with Crippen molar-refractivity contribution >= 4 is 11.6 Å². The number of Topliss-reactive ketones (excluding diaryl/α,β-unsaturated/α-hetero) is 2. The predicted octanol–water partition coefficient (Wildman–Crippen LogP) is 1.72. The van der Waals surface area contributed by atoms with Crippen LogP contribution in [-0.4, -0.2) is 30.1 Å². The van der Waals surface area contributed by atoms with Crippen molar-refractivity contribution in [3.8, 4) is 11.5 Å². The Morgan fingerprint density at radius 2 is 1.59 bits per heavy atom. The number of ketones is 2. The van der Waals surface area contributed by atoms with E-state index in [1.54, 1.807) is 42.5 Å². The van der Waals surface area contributed by atoms with Crippen molar-refractivity contribution in [2.45, 2.75) is 5.41 Å². The molecule has 5 heteroatoms. The summed E-state index contributed by atoms with van der Waals surface area (Å²) < 4.78 is 10.6. The monoisotopic (exact) mass is 296 g/mol. The van der Waals surface area contributed by atoms with E-state index >= 15 is 0 Å². The van der Waals surface area contributed by atoms with E-state index in [9.17, 15) is 14.7 Å². The Morgan fingerprint density at radius 1 is 0.955 bits per heavy atom. The molecule has 0 saturated carbocycles. The fraction of sp³-hybridized carbons (Fsp3) is 0.176. The molecule has 5 nitrogen and oxygen atoms in total. The van der Waals surface area contributed by atoms with Crippen LogP contribution in [0.3, 0.4) is 0 Å². The minimum atomic E-state index is -1.59. The van der Waals surface area contributed by atoms with Crippen molar-refractivity contribution in [3.63, 3.8) is 0 Å². The second kappa shape index (κ2) is 4.42. The van der Waals surface area contributed by atoms with Gasteiger partial charge in [-0.25, -0.2) is 0 Å². The number of hydrogen-bond acceptors (Lipinski definition) is 5. The number of aliphatic hydroxyl groups excluding tert-OH is 1. The molecule has 0 spiro atoms. The fourth-order valence-electron chi connectivity index (χ4n) is 3.10. The van der Waals surface area contributed by atoms with E-state index < -0.39 is 12.0 Å². The second-order valence-corrected chi connectivity index (χ2v) is 5.34. The van der Waals surface area contributed by atoms with Gasteiger partial charge in [0.2, 0.25) is 6.79 Å². The topological polar surface area (TPSA) is 72.8 Å². The van der Waals surface area contributed by atoms with Crippen molar-refractivity contribution in [1.29, 1.82) is 0 Å². The largest absolute Gasteiger partial charge is 0.454 e. The van der Waals surface area contributed by atoms with Gasteiger partial charge in [0.1, 0.15) is 5.41 Å². The fourth-order valence-corrected chi connectivity index (χ4v) is 3.10. The maximum atomic E-state index is 12.8. The molecular formula is C17H12O5. The Labute approximate surface area is 126 Å². The number of carbonyl (C=O) groups is 2. The lowest BCUT2D eigenvalue weighted by molar-refractivity contribution is 0.0711. The van der Waals surface area contributed by atoms with Gasteiger partial charge in [0.05, 0.1) is 6.61 Å². The first-order valence-corrected chi connectivity index (χ1v) is 6.88. The zero-order valence-electron chi connectivity index (χ0n) is 11.5. The zero-order chi connectivity index (χ0) is 15.3. The summed E-state index contributed by atoms with van der Waals surface area (Å²) in [5, 5.41) is 9.92. The molecule has 0 atom stereocenters. The standard InChI is InChI=1S/C17H12O5/c18-8-17(10-5-6-13-14(7-10)22-9-21-13)15(19)11-3-1-2-4-12(11)16(17)20/h1-7,18H,8-9H2. The van der Waals surface area contributed by atoms with E-state index in [1.165, 1.54) is 0 Å². The summed E-state index contributed by atoms with van der Waals surface area (Å²) in [5.74, 6) is 0.276. The molecule has 2 aromatic carbocycles. The molecule has 110 valence electrons. The molecular weight excluding hydrogens is 284 g/mol. The molecule has 1 N–H and O–H groups in total. The highest BCUT2D eigenvalue weighted by Gasteiger charge is 2.54. The van der Waals surface area contributed by atoms with E-state index in [-0.39, 0.29) is 18.4 Å². The Kier molecular flexibility index (Phi) is 2.62. The van der Waals surface area contributed by atoms with Gasteiger partial charge in [-0.3, -0.25) is 9.59 Å². The molecule has 0 unspecified atom stereocenters. The molecule has 4 rings (SSSR count). The smallest absolute Gasteiger partial charge is 0.231 e. The normalized spacial score (nSPS) is 17.7. The van der Waals surface area contributed by atoms with Crippen molar-refractivity contribution in [2.24, 2.45) is 0 Å². The number of hydrogen-bond donors (Lipinski definition) is 1. The third-order valence-electron chi connectivity index (χ3n) is 4.29. The maximum Gasteiger partial charge on any atom is 0.231 e. The summed E-state index contributed by atoms with van der Waals surface area (Å²) in [6.07, 6.45) is 0. The van der Waals surface area contributed by atoms with Gasteiger partial charge < -0.3 is 14.6 Å². The Bertz CT molecular complexity index is 773. The molecule has 1 aliphatic carbocycles. The van der Waals surface area contributed by atoms with Crippen molar-refractivity contribution in [3.05, 3.63) is 59.2 Å². The number of carbonyl (C=O) groups excluding carboxylic acids is 2. The predicted molar refractivity (Wildman–Crippen MR) is 76.4 cm³/mol.